The van der Waals surface area contributed by atoms with Gasteiger partial charge in [-0.15, -0.1) is 0 Å². The fourth-order valence-corrected chi connectivity index (χ4v) is 10.6. The maximum absolute atomic E-state index is 5.46. The van der Waals surface area contributed by atoms with E-state index in [0.29, 0.717) is 5.95 Å². The van der Waals surface area contributed by atoms with Crippen molar-refractivity contribution >= 4 is 89.1 Å². The van der Waals surface area contributed by atoms with Crippen LogP contribution in [0.25, 0.3) is 88.1 Å². The molecule has 0 saturated heterocycles. The number of para-hydroxylation sites is 3. The van der Waals surface area contributed by atoms with Crippen LogP contribution in [-0.2, 0) is 0 Å². The summed E-state index contributed by atoms with van der Waals surface area (Å²) in [6.07, 6.45) is 0. The van der Waals surface area contributed by atoms with E-state index in [4.69, 9.17) is 9.97 Å². The van der Waals surface area contributed by atoms with Crippen LogP contribution in [0.3, 0.4) is 0 Å². The number of benzene rings is 7. The number of pyridine rings is 1. The molecule has 12 aromatic rings. The van der Waals surface area contributed by atoms with E-state index in [1.807, 2.05) is 11.8 Å². The van der Waals surface area contributed by atoms with Gasteiger partial charge in [0.25, 0.3) is 0 Å². The van der Waals surface area contributed by atoms with Crippen LogP contribution in [0.15, 0.2) is 198 Å². The molecule has 6 heteroatoms. The van der Waals surface area contributed by atoms with Gasteiger partial charge in [0.1, 0.15) is 0 Å². The minimum atomic E-state index is 0.654. The summed E-state index contributed by atoms with van der Waals surface area (Å²) >= 11 is 1.85. The van der Waals surface area contributed by atoms with Crippen LogP contribution >= 0.6 is 11.8 Å². The lowest BCUT2D eigenvalue weighted by atomic mass is 10.0. The van der Waals surface area contributed by atoms with Crippen LogP contribution in [0, 0.1) is 0 Å². The van der Waals surface area contributed by atoms with Crippen molar-refractivity contribution in [3.63, 3.8) is 0 Å². The highest BCUT2D eigenvalue weighted by Gasteiger charge is 2.34. The number of aromatic nitrogens is 4. The fourth-order valence-electron chi connectivity index (χ4n) is 9.33. The maximum Gasteiger partial charge on any atom is 0.235 e. The summed E-state index contributed by atoms with van der Waals surface area (Å²) in [7, 11) is 0. The predicted octanol–water partition coefficient (Wildman–Crippen LogP) is 14.0. The van der Waals surface area contributed by atoms with Gasteiger partial charge in [0, 0.05) is 43.1 Å². The van der Waals surface area contributed by atoms with Gasteiger partial charge in [-0.1, -0.05) is 139 Å². The minimum absolute atomic E-state index is 0.654. The molecule has 58 heavy (non-hydrogen) atoms. The van der Waals surface area contributed by atoms with Crippen molar-refractivity contribution in [1.82, 2.24) is 18.9 Å². The Bertz CT molecular complexity index is 3610. The molecule has 270 valence electrons. The van der Waals surface area contributed by atoms with Crippen molar-refractivity contribution in [3.8, 4) is 28.1 Å². The van der Waals surface area contributed by atoms with Crippen LogP contribution < -0.4 is 4.90 Å². The number of nitrogens with zero attached hydrogens (tertiary/aromatic N) is 5. The highest BCUT2D eigenvalue weighted by Crippen LogP contribution is 2.58. The molecule has 0 radical (unpaired) electrons. The summed E-state index contributed by atoms with van der Waals surface area (Å²) in [5.74, 6) is 0.654. The van der Waals surface area contributed by atoms with Crippen LogP contribution in [-0.4, -0.2) is 18.9 Å². The van der Waals surface area contributed by atoms with Gasteiger partial charge < -0.3 is 8.97 Å². The van der Waals surface area contributed by atoms with Gasteiger partial charge >= 0.3 is 0 Å². The minimum Gasteiger partial charge on any atom is -0.309 e. The van der Waals surface area contributed by atoms with E-state index < -0.39 is 0 Å². The summed E-state index contributed by atoms with van der Waals surface area (Å²) in [5, 5.41) is 6.02. The molecule has 5 nitrogen and oxygen atoms in total. The second-order valence-corrected chi connectivity index (χ2v) is 16.1. The topological polar surface area (TPSA) is 38.4 Å². The quantitative estimate of drug-likeness (QED) is 0.179. The molecule has 0 bridgehead atoms. The van der Waals surface area contributed by atoms with Crippen LogP contribution in [0.1, 0.15) is 0 Å². The fraction of sp³-hybridized carbons (Fsp3) is 0. The molecular formula is C52H31N5S. The van der Waals surface area contributed by atoms with Crippen molar-refractivity contribution in [2.75, 3.05) is 4.90 Å². The number of fused-ring (bicyclic) bond motifs is 11. The molecule has 0 unspecified atom stereocenters. The molecule has 0 saturated carbocycles. The average Bonchev–Trinajstić information content (AvgIpc) is 3.93. The number of anilines is 3. The molecule has 0 spiro atoms. The lowest BCUT2D eigenvalue weighted by Gasteiger charge is -2.30. The van der Waals surface area contributed by atoms with Crippen LogP contribution in [0.2, 0.25) is 0 Å². The molecule has 0 aliphatic carbocycles. The molecule has 0 amide bonds. The standard InChI is InChI=1S/C52H31N5S/c1-3-14-32(15-4-1)48-39-21-9-11-22-41(39)53-52(54-48)57-45-29-27-34(33-26-28-44-40(30-33)37-19-10-12-23-42(37)55(44)35-16-5-2-6-17-35)31-47(45)58-51-49-38-20-8-7-18-36(38)43-24-13-25-46(50(51)57)56(43)49/h1-31H. The highest BCUT2D eigenvalue weighted by atomic mass is 32.2. The van der Waals surface area contributed by atoms with E-state index in [-0.39, 0.29) is 0 Å². The lowest BCUT2D eigenvalue weighted by Crippen LogP contribution is -2.17. The first kappa shape index (κ1) is 31.8. The molecular weight excluding hydrogens is 727 g/mol. The third-order valence-corrected chi connectivity index (χ3v) is 13.0. The van der Waals surface area contributed by atoms with Crippen molar-refractivity contribution in [2.24, 2.45) is 0 Å². The van der Waals surface area contributed by atoms with Gasteiger partial charge in [-0.3, -0.25) is 4.90 Å². The van der Waals surface area contributed by atoms with Gasteiger partial charge in [-0.25, -0.2) is 9.97 Å². The summed E-state index contributed by atoms with van der Waals surface area (Å²) in [5.41, 5.74) is 14.5. The van der Waals surface area contributed by atoms with Gasteiger partial charge in [-0.2, -0.15) is 0 Å². The Morgan fingerprint density at radius 2 is 1.07 bits per heavy atom. The first-order valence-corrected chi connectivity index (χ1v) is 20.4. The summed E-state index contributed by atoms with van der Waals surface area (Å²) in [6.45, 7) is 0. The Morgan fingerprint density at radius 1 is 0.431 bits per heavy atom. The number of rotatable bonds is 4. The molecule has 0 fully saturated rings. The third kappa shape index (κ3) is 4.43. The molecule has 7 aromatic carbocycles. The Balaban J connectivity index is 1.06. The van der Waals surface area contributed by atoms with Gasteiger partial charge in [0.2, 0.25) is 5.95 Å². The highest BCUT2D eigenvalue weighted by molar-refractivity contribution is 8.00. The van der Waals surface area contributed by atoms with Crippen molar-refractivity contribution in [2.45, 2.75) is 9.79 Å². The number of hydrogen-bond donors (Lipinski definition) is 0. The second-order valence-electron chi connectivity index (χ2n) is 15.0. The number of hydrogen-bond acceptors (Lipinski definition) is 4. The molecule has 0 atom stereocenters. The molecule has 0 N–H and O–H groups in total. The Labute approximate surface area is 337 Å². The van der Waals surface area contributed by atoms with E-state index >= 15 is 0 Å². The predicted molar refractivity (Wildman–Crippen MR) is 241 cm³/mol. The zero-order valence-corrected chi connectivity index (χ0v) is 31.9. The van der Waals surface area contributed by atoms with E-state index in [0.717, 1.165) is 49.6 Å². The molecule has 1 aliphatic rings. The summed E-state index contributed by atoms with van der Waals surface area (Å²) in [4.78, 5) is 15.5. The Kier molecular flexibility index (Phi) is 6.60. The monoisotopic (exact) mass is 757 g/mol. The maximum atomic E-state index is 5.46. The van der Waals surface area contributed by atoms with Crippen LogP contribution in [0.5, 0.6) is 0 Å². The molecule has 5 aromatic heterocycles. The zero-order chi connectivity index (χ0) is 37.9. The summed E-state index contributed by atoms with van der Waals surface area (Å²) < 4.78 is 4.81. The average molecular weight is 758 g/mol. The zero-order valence-electron chi connectivity index (χ0n) is 31.0. The van der Waals surface area contributed by atoms with E-state index in [1.165, 1.54) is 59.6 Å². The van der Waals surface area contributed by atoms with Crippen molar-refractivity contribution in [1.29, 1.82) is 0 Å². The van der Waals surface area contributed by atoms with Crippen LogP contribution in [0.4, 0.5) is 17.3 Å². The summed E-state index contributed by atoms with van der Waals surface area (Å²) in [6, 6.07) is 67.5. The van der Waals surface area contributed by atoms with E-state index in [2.05, 4.69) is 202 Å². The normalized spacial score (nSPS) is 12.7. The Morgan fingerprint density at radius 3 is 1.91 bits per heavy atom. The van der Waals surface area contributed by atoms with E-state index in [9.17, 15) is 0 Å². The molecule has 6 heterocycles. The first-order valence-electron chi connectivity index (χ1n) is 19.6. The first-order chi connectivity index (χ1) is 28.8. The largest absolute Gasteiger partial charge is 0.309 e. The van der Waals surface area contributed by atoms with Crippen molar-refractivity contribution < 1.29 is 0 Å². The molecule has 13 rings (SSSR count). The van der Waals surface area contributed by atoms with Gasteiger partial charge in [-0.05, 0) is 71.8 Å². The van der Waals surface area contributed by atoms with Gasteiger partial charge in [0.15, 0.2) is 0 Å². The Hall–Kier alpha value is -7.41. The lowest BCUT2D eigenvalue weighted by molar-refractivity contribution is 1.08. The SMILES string of the molecule is c1ccc(-c2nc(N3c4ccc(-c5ccc6c(c5)c5ccccc5n6-c5ccccc5)cc4Sc4c3c3cccc5c6ccccc6c4n35)nc3ccccc23)cc1. The smallest absolute Gasteiger partial charge is 0.235 e. The third-order valence-electron chi connectivity index (χ3n) is 11.8. The van der Waals surface area contributed by atoms with Crippen molar-refractivity contribution in [3.05, 3.63) is 188 Å². The van der Waals surface area contributed by atoms with Gasteiger partial charge in [0.05, 0.1) is 55.1 Å². The molecule has 1 aliphatic heterocycles. The second kappa shape index (κ2) is 12.0. The van der Waals surface area contributed by atoms with E-state index in [1.54, 1.807) is 0 Å².